The Morgan fingerprint density at radius 2 is 1.85 bits per heavy atom. The van der Waals surface area contributed by atoms with Crippen LogP contribution in [-0.4, -0.2) is 23.8 Å². The highest BCUT2D eigenvalue weighted by molar-refractivity contribution is 9.10. The van der Waals surface area contributed by atoms with Gasteiger partial charge in [0.05, 0.1) is 0 Å². The third-order valence-corrected chi connectivity index (χ3v) is 3.46. The molecule has 0 saturated heterocycles. The molecule has 0 aliphatic heterocycles. The first-order valence-electron chi connectivity index (χ1n) is 6.73. The summed E-state index contributed by atoms with van der Waals surface area (Å²) in [6, 6.07) is 7.90. The zero-order valence-corrected chi connectivity index (χ0v) is 13.6. The quantitative estimate of drug-likeness (QED) is 0.907. The van der Waals surface area contributed by atoms with Crippen molar-refractivity contribution in [3.63, 3.8) is 0 Å². The van der Waals surface area contributed by atoms with Gasteiger partial charge in [0, 0.05) is 23.4 Å². The fraction of sp³-hybridized carbons (Fsp3) is 0.533. The van der Waals surface area contributed by atoms with Gasteiger partial charge in [-0.2, -0.15) is 0 Å². The molecule has 1 aromatic rings. The number of alkyl carbamates (subject to hydrolysis) is 1. The minimum atomic E-state index is -0.457. The second-order valence-electron chi connectivity index (χ2n) is 6.01. The minimum Gasteiger partial charge on any atom is -0.490 e. The van der Waals surface area contributed by atoms with Gasteiger partial charge in [-0.15, -0.1) is 0 Å². The maximum Gasteiger partial charge on any atom is 0.407 e. The number of halogens is 1. The zero-order valence-electron chi connectivity index (χ0n) is 12.0. The van der Waals surface area contributed by atoms with E-state index >= 15 is 0 Å². The molecule has 5 heteroatoms. The average molecular weight is 342 g/mol. The molecule has 110 valence electrons. The predicted octanol–water partition coefficient (Wildman–Crippen LogP) is 3.88. The number of amides is 1. The monoisotopic (exact) mass is 341 g/mol. The van der Waals surface area contributed by atoms with Crippen LogP contribution in [-0.2, 0) is 4.74 Å². The summed E-state index contributed by atoms with van der Waals surface area (Å²) in [5, 5.41) is 2.85. The highest BCUT2D eigenvalue weighted by atomic mass is 79.9. The van der Waals surface area contributed by atoms with Gasteiger partial charge in [0.25, 0.3) is 0 Å². The molecule has 0 radical (unpaired) electrons. The van der Waals surface area contributed by atoms with Crippen LogP contribution in [0.4, 0.5) is 4.79 Å². The van der Waals surface area contributed by atoms with Gasteiger partial charge in [0.1, 0.15) is 17.5 Å². The summed E-state index contributed by atoms with van der Waals surface area (Å²) in [5.41, 5.74) is -0.457. The number of hydrogen-bond donors (Lipinski definition) is 1. The van der Waals surface area contributed by atoms with Crippen LogP contribution in [0.15, 0.2) is 28.7 Å². The van der Waals surface area contributed by atoms with Crippen LogP contribution >= 0.6 is 15.9 Å². The summed E-state index contributed by atoms with van der Waals surface area (Å²) < 4.78 is 12.1. The van der Waals surface area contributed by atoms with E-state index in [1.807, 2.05) is 45.0 Å². The normalized spacial score (nSPS) is 21.8. The lowest BCUT2D eigenvalue weighted by Crippen LogP contribution is -2.50. The van der Waals surface area contributed by atoms with Crippen molar-refractivity contribution in [1.29, 1.82) is 0 Å². The smallest absolute Gasteiger partial charge is 0.407 e. The topological polar surface area (TPSA) is 47.6 Å². The molecule has 1 fully saturated rings. The molecule has 1 aliphatic carbocycles. The van der Waals surface area contributed by atoms with Crippen LogP contribution in [0.5, 0.6) is 5.75 Å². The summed E-state index contributed by atoms with van der Waals surface area (Å²) in [5.74, 6) is 0.855. The minimum absolute atomic E-state index is 0.144. The van der Waals surface area contributed by atoms with E-state index in [9.17, 15) is 4.79 Å². The molecule has 0 bridgehead atoms. The Hall–Kier alpha value is -1.23. The first kappa shape index (κ1) is 15.2. The van der Waals surface area contributed by atoms with Crippen LogP contribution in [0.2, 0.25) is 0 Å². The van der Waals surface area contributed by atoms with Crippen LogP contribution in [0.25, 0.3) is 0 Å². The largest absolute Gasteiger partial charge is 0.490 e. The van der Waals surface area contributed by atoms with Crippen molar-refractivity contribution in [3.8, 4) is 5.75 Å². The van der Waals surface area contributed by atoms with Crippen LogP contribution in [0, 0.1) is 0 Å². The van der Waals surface area contributed by atoms with Gasteiger partial charge in [-0.25, -0.2) is 4.79 Å². The molecular weight excluding hydrogens is 322 g/mol. The van der Waals surface area contributed by atoms with E-state index in [-0.39, 0.29) is 18.2 Å². The molecule has 1 amide bonds. The van der Waals surface area contributed by atoms with Crippen molar-refractivity contribution in [3.05, 3.63) is 28.7 Å². The molecule has 4 nitrogen and oxygen atoms in total. The Labute approximate surface area is 128 Å². The standard InChI is InChI=1S/C15H20BrNO3/c1-15(2,3)20-14(18)17-11-8-13(9-11)19-12-6-4-10(16)5-7-12/h4-7,11,13H,8-9H2,1-3H3,(H,17,18)/t11-,13-. The van der Waals surface area contributed by atoms with Crippen molar-refractivity contribution in [2.24, 2.45) is 0 Å². The second kappa shape index (κ2) is 6.04. The Balaban J connectivity index is 1.70. The summed E-state index contributed by atoms with van der Waals surface area (Å²) in [4.78, 5) is 11.6. The fourth-order valence-electron chi connectivity index (χ4n) is 1.96. The maximum atomic E-state index is 11.6. The van der Waals surface area contributed by atoms with E-state index in [1.54, 1.807) is 0 Å². The van der Waals surface area contributed by atoms with Crippen molar-refractivity contribution in [2.75, 3.05) is 0 Å². The van der Waals surface area contributed by atoms with Crippen LogP contribution in [0.1, 0.15) is 33.6 Å². The molecule has 1 aliphatic rings. The number of benzene rings is 1. The molecule has 20 heavy (non-hydrogen) atoms. The third-order valence-electron chi connectivity index (χ3n) is 2.93. The van der Waals surface area contributed by atoms with Crippen LogP contribution in [0.3, 0.4) is 0 Å². The van der Waals surface area contributed by atoms with Gasteiger partial charge in [0.2, 0.25) is 0 Å². The van der Waals surface area contributed by atoms with E-state index in [2.05, 4.69) is 21.2 Å². The van der Waals surface area contributed by atoms with Crippen molar-refractivity contribution < 1.29 is 14.3 Å². The Morgan fingerprint density at radius 3 is 2.40 bits per heavy atom. The number of carbonyl (C=O) groups excluding carboxylic acids is 1. The lowest BCUT2D eigenvalue weighted by Gasteiger charge is -2.36. The molecule has 2 rings (SSSR count). The zero-order chi connectivity index (χ0) is 14.8. The molecular formula is C15H20BrNO3. The van der Waals surface area contributed by atoms with Gasteiger partial charge in [-0.3, -0.25) is 0 Å². The predicted molar refractivity (Wildman–Crippen MR) is 80.9 cm³/mol. The Bertz CT molecular complexity index is 461. The van der Waals surface area contributed by atoms with Gasteiger partial charge in [0.15, 0.2) is 0 Å². The molecule has 0 atom stereocenters. The Morgan fingerprint density at radius 1 is 1.25 bits per heavy atom. The molecule has 1 saturated carbocycles. The average Bonchev–Trinajstić information content (AvgIpc) is 2.26. The molecule has 0 heterocycles. The van der Waals surface area contributed by atoms with E-state index in [1.165, 1.54) is 0 Å². The number of ether oxygens (including phenoxy) is 2. The number of carbonyl (C=O) groups is 1. The van der Waals surface area contributed by atoms with E-state index in [4.69, 9.17) is 9.47 Å². The molecule has 1 aromatic carbocycles. The number of nitrogens with one attached hydrogen (secondary N) is 1. The van der Waals surface area contributed by atoms with Crippen molar-refractivity contribution >= 4 is 22.0 Å². The highest BCUT2D eigenvalue weighted by Crippen LogP contribution is 2.27. The number of rotatable bonds is 3. The highest BCUT2D eigenvalue weighted by Gasteiger charge is 2.33. The van der Waals surface area contributed by atoms with Gasteiger partial charge in [-0.05, 0) is 45.0 Å². The fourth-order valence-corrected chi connectivity index (χ4v) is 2.22. The summed E-state index contributed by atoms with van der Waals surface area (Å²) >= 11 is 3.39. The lowest BCUT2D eigenvalue weighted by molar-refractivity contribution is 0.0363. The van der Waals surface area contributed by atoms with Crippen LogP contribution < -0.4 is 10.1 Å². The first-order valence-corrected chi connectivity index (χ1v) is 7.53. The molecule has 1 N–H and O–H groups in total. The summed E-state index contributed by atoms with van der Waals surface area (Å²) in [6.07, 6.45) is 1.44. The van der Waals surface area contributed by atoms with E-state index < -0.39 is 5.60 Å². The lowest BCUT2D eigenvalue weighted by atomic mass is 9.89. The van der Waals surface area contributed by atoms with Gasteiger partial charge in [-0.1, -0.05) is 15.9 Å². The summed E-state index contributed by atoms with van der Waals surface area (Å²) in [6.45, 7) is 5.56. The molecule has 0 aromatic heterocycles. The van der Waals surface area contributed by atoms with Gasteiger partial charge >= 0.3 is 6.09 Å². The Kier molecular flexibility index (Phi) is 4.58. The summed E-state index contributed by atoms with van der Waals surface area (Å²) in [7, 11) is 0. The maximum absolute atomic E-state index is 11.6. The molecule has 0 spiro atoms. The van der Waals surface area contributed by atoms with E-state index in [0.29, 0.717) is 0 Å². The first-order chi connectivity index (χ1) is 9.32. The van der Waals surface area contributed by atoms with Crippen molar-refractivity contribution in [1.82, 2.24) is 5.32 Å². The van der Waals surface area contributed by atoms with Gasteiger partial charge < -0.3 is 14.8 Å². The number of hydrogen-bond acceptors (Lipinski definition) is 3. The second-order valence-corrected chi connectivity index (χ2v) is 6.92. The van der Waals surface area contributed by atoms with Crippen molar-refractivity contribution in [2.45, 2.75) is 51.4 Å². The molecule has 0 unspecified atom stereocenters. The SMILES string of the molecule is CC(C)(C)OC(=O)N[C@H]1C[C@H](Oc2ccc(Br)cc2)C1. The third kappa shape index (κ3) is 4.71. The van der Waals surface area contributed by atoms with E-state index in [0.717, 1.165) is 23.1 Å².